The number of rotatable bonds is 3. The third-order valence-electron chi connectivity index (χ3n) is 6.77. The lowest BCUT2D eigenvalue weighted by Crippen LogP contribution is -2.58. The van der Waals surface area contributed by atoms with Crippen LogP contribution in [-0.4, -0.2) is 36.0 Å². The van der Waals surface area contributed by atoms with Crippen molar-refractivity contribution in [2.75, 3.05) is 13.1 Å². The minimum atomic E-state index is 0.422. The highest BCUT2D eigenvalue weighted by Crippen LogP contribution is 2.69. The molecular formula is C17H28N2O. The van der Waals surface area contributed by atoms with Crippen LogP contribution >= 0.6 is 0 Å². The fourth-order valence-corrected chi connectivity index (χ4v) is 5.62. The van der Waals surface area contributed by atoms with Gasteiger partial charge in [0.2, 0.25) is 5.91 Å². The zero-order chi connectivity index (χ0) is 13.9. The average molecular weight is 276 g/mol. The van der Waals surface area contributed by atoms with Crippen LogP contribution < -0.4 is 5.32 Å². The second-order valence-corrected chi connectivity index (χ2v) is 7.58. The predicted molar refractivity (Wildman–Crippen MR) is 79.2 cm³/mol. The van der Waals surface area contributed by atoms with Crippen molar-refractivity contribution >= 4 is 5.91 Å². The lowest BCUT2D eigenvalue weighted by molar-refractivity contribution is -0.137. The standard InChI is InChI=1S/C17H28N2O/c1-3-12-9-19(13(4-2)8-18-12)17(20)16-14-10-5-6-11(7-10)15(14)16/h10-16,18H,3-9H2,1-2H3. The van der Waals surface area contributed by atoms with Gasteiger partial charge in [0, 0.05) is 31.1 Å². The molecule has 112 valence electrons. The smallest absolute Gasteiger partial charge is 0.226 e. The molecule has 6 atom stereocenters. The van der Waals surface area contributed by atoms with E-state index in [-0.39, 0.29) is 0 Å². The van der Waals surface area contributed by atoms with Gasteiger partial charge in [0.25, 0.3) is 0 Å². The number of carbonyl (C=O) groups excluding carboxylic acids is 1. The lowest BCUT2D eigenvalue weighted by Gasteiger charge is -2.40. The molecule has 0 spiro atoms. The molecule has 6 unspecified atom stereocenters. The summed E-state index contributed by atoms with van der Waals surface area (Å²) in [5.74, 6) is 4.32. The Labute approximate surface area is 122 Å². The van der Waals surface area contributed by atoms with E-state index in [9.17, 15) is 4.79 Å². The fraction of sp³-hybridized carbons (Fsp3) is 0.941. The summed E-state index contributed by atoms with van der Waals surface area (Å²) in [6.07, 6.45) is 6.47. The molecule has 1 saturated heterocycles. The van der Waals surface area contributed by atoms with Gasteiger partial charge in [-0.1, -0.05) is 13.8 Å². The minimum absolute atomic E-state index is 0.422. The van der Waals surface area contributed by atoms with Gasteiger partial charge >= 0.3 is 0 Å². The molecule has 0 aromatic heterocycles. The zero-order valence-corrected chi connectivity index (χ0v) is 12.8. The largest absolute Gasteiger partial charge is 0.337 e. The van der Waals surface area contributed by atoms with Crippen molar-refractivity contribution in [2.24, 2.45) is 29.6 Å². The molecule has 0 aromatic rings. The zero-order valence-electron chi connectivity index (χ0n) is 12.8. The van der Waals surface area contributed by atoms with Crippen LogP contribution in [0.25, 0.3) is 0 Å². The first-order chi connectivity index (χ1) is 9.74. The van der Waals surface area contributed by atoms with Crippen molar-refractivity contribution in [2.45, 2.75) is 58.0 Å². The summed E-state index contributed by atoms with van der Waals surface area (Å²) in [6, 6.07) is 0.946. The maximum atomic E-state index is 13.0. The summed E-state index contributed by atoms with van der Waals surface area (Å²) in [7, 11) is 0. The Balaban J connectivity index is 1.47. The van der Waals surface area contributed by atoms with E-state index in [4.69, 9.17) is 0 Å². The summed E-state index contributed by atoms with van der Waals surface area (Å²) in [4.78, 5) is 15.3. The van der Waals surface area contributed by atoms with Gasteiger partial charge in [-0.2, -0.15) is 0 Å². The average Bonchev–Trinajstić information content (AvgIpc) is 2.93. The summed E-state index contributed by atoms with van der Waals surface area (Å²) >= 11 is 0. The molecule has 1 aliphatic heterocycles. The first-order valence-electron chi connectivity index (χ1n) is 8.78. The van der Waals surface area contributed by atoms with Crippen molar-refractivity contribution in [3.63, 3.8) is 0 Å². The Morgan fingerprint density at radius 3 is 2.45 bits per heavy atom. The maximum Gasteiger partial charge on any atom is 0.226 e. The van der Waals surface area contributed by atoms with Gasteiger partial charge in [0.05, 0.1) is 0 Å². The van der Waals surface area contributed by atoms with Crippen molar-refractivity contribution in [1.82, 2.24) is 10.2 Å². The number of hydrogen-bond donors (Lipinski definition) is 1. The molecule has 0 radical (unpaired) electrons. The van der Waals surface area contributed by atoms with E-state index in [1.165, 1.54) is 19.3 Å². The van der Waals surface area contributed by atoms with Gasteiger partial charge in [-0.15, -0.1) is 0 Å². The molecule has 1 N–H and O–H groups in total. The second kappa shape index (κ2) is 4.72. The Hall–Kier alpha value is -0.570. The molecule has 0 aromatic carbocycles. The maximum absolute atomic E-state index is 13.0. The molecule has 3 saturated carbocycles. The van der Waals surface area contributed by atoms with E-state index >= 15 is 0 Å². The third kappa shape index (κ3) is 1.78. The normalized spacial score (nSPS) is 49.3. The number of hydrogen-bond acceptors (Lipinski definition) is 2. The first-order valence-corrected chi connectivity index (χ1v) is 8.78. The van der Waals surface area contributed by atoms with Crippen molar-refractivity contribution < 1.29 is 4.79 Å². The predicted octanol–water partition coefficient (Wildman–Crippen LogP) is 2.27. The summed E-state index contributed by atoms with van der Waals surface area (Å²) < 4.78 is 0. The number of carbonyl (C=O) groups is 1. The van der Waals surface area contributed by atoms with Crippen molar-refractivity contribution in [1.29, 1.82) is 0 Å². The molecule has 4 rings (SSSR count). The second-order valence-electron chi connectivity index (χ2n) is 7.58. The van der Waals surface area contributed by atoms with E-state index in [1.807, 2.05) is 0 Å². The molecule has 1 heterocycles. The first kappa shape index (κ1) is 13.1. The van der Waals surface area contributed by atoms with Gasteiger partial charge in [-0.05, 0) is 55.8 Å². The number of nitrogens with one attached hydrogen (secondary N) is 1. The Bertz CT molecular complexity index is 394. The molecule has 3 nitrogen and oxygen atoms in total. The molecule has 4 fully saturated rings. The van der Waals surface area contributed by atoms with E-state index in [2.05, 4.69) is 24.1 Å². The van der Waals surface area contributed by atoms with Gasteiger partial charge in [-0.25, -0.2) is 0 Å². The highest BCUT2D eigenvalue weighted by molar-refractivity contribution is 5.83. The molecule has 20 heavy (non-hydrogen) atoms. The highest BCUT2D eigenvalue weighted by Gasteiger charge is 2.68. The van der Waals surface area contributed by atoms with Gasteiger partial charge < -0.3 is 10.2 Å². The number of amides is 1. The van der Waals surface area contributed by atoms with E-state index < -0.39 is 0 Å². The number of nitrogens with zero attached hydrogens (tertiary/aromatic N) is 1. The SMILES string of the molecule is CCC1CN(C(=O)C2C3C4CCC(C4)C23)C(CC)CN1. The van der Waals surface area contributed by atoms with Crippen molar-refractivity contribution in [3.05, 3.63) is 0 Å². The quantitative estimate of drug-likeness (QED) is 0.857. The summed E-state index contributed by atoms with van der Waals surface area (Å²) in [6.45, 7) is 6.38. The number of fused-ring (bicyclic) bond motifs is 5. The third-order valence-corrected chi connectivity index (χ3v) is 6.77. The molecule has 3 aliphatic carbocycles. The minimum Gasteiger partial charge on any atom is -0.337 e. The Morgan fingerprint density at radius 2 is 1.85 bits per heavy atom. The van der Waals surface area contributed by atoms with Crippen molar-refractivity contribution in [3.8, 4) is 0 Å². The Kier molecular flexibility index (Phi) is 3.10. The topological polar surface area (TPSA) is 32.3 Å². The van der Waals surface area contributed by atoms with Gasteiger partial charge in [0.15, 0.2) is 0 Å². The molecule has 3 heteroatoms. The molecule has 4 aliphatic rings. The monoisotopic (exact) mass is 276 g/mol. The van der Waals surface area contributed by atoms with E-state index in [0.29, 0.717) is 23.9 Å². The van der Waals surface area contributed by atoms with Crippen LogP contribution in [0.4, 0.5) is 0 Å². The number of piperazine rings is 1. The van der Waals surface area contributed by atoms with Crippen LogP contribution in [0.15, 0.2) is 0 Å². The Morgan fingerprint density at radius 1 is 1.15 bits per heavy atom. The van der Waals surface area contributed by atoms with Gasteiger partial charge in [0.1, 0.15) is 0 Å². The molecular weight excluding hydrogens is 248 g/mol. The summed E-state index contributed by atoms with van der Waals surface area (Å²) in [5.41, 5.74) is 0. The summed E-state index contributed by atoms with van der Waals surface area (Å²) in [5, 5.41) is 3.60. The van der Waals surface area contributed by atoms with Crippen LogP contribution in [0.5, 0.6) is 0 Å². The van der Waals surface area contributed by atoms with E-state index in [0.717, 1.165) is 49.6 Å². The molecule has 2 bridgehead atoms. The van der Waals surface area contributed by atoms with Crippen LogP contribution in [-0.2, 0) is 4.79 Å². The van der Waals surface area contributed by atoms with Crippen LogP contribution in [0, 0.1) is 29.6 Å². The van der Waals surface area contributed by atoms with E-state index in [1.54, 1.807) is 0 Å². The molecule has 1 amide bonds. The van der Waals surface area contributed by atoms with Crippen LogP contribution in [0.2, 0.25) is 0 Å². The lowest BCUT2D eigenvalue weighted by atomic mass is 9.99. The fourth-order valence-electron chi connectivity index (χ4n) is 5.62. The van der Waals surface area contributed by atoms with Gasteiger partial charge in [-0.3, -0.25) is 4.79 Å². The van der Waals surface area contributed by atoms with Crippen LogP contribution in [0.3, 0.4) is 0 Å². The van der Waals surface area contributed by atoms with Crippen LogP contribution in [0.1, 0.15) is 46.0 Å². The highest BCUT2D eigenvalue weighted by atomic mass is 16.2.